The Morgan fingerprint density at radius 1 is 1.32 bits per heavy atom. The Morgan fingerprint density at radius 2 is 1.95 bits per heavy atom. The van der Waals surface area contributed by atoms with Crippen LogP contribution in [0.15, 0.2) is 12.1 Å². The van der Waals surface area contributed by atoms with Crippen molar-refractivity contribution in [3.05, 3.63) is 33.4 Å². The quantitative estimate of drug-likeness (QED) is 0.482. The summed E-state index contributed by atoms with van der Waals surface area (Å²) in [7, 11) is 4.64. The third-order valence-electron chi connectivity index (χ3n) is 4.11. The van der Waals surface area contributed by atoms with Gasteiger partial charge in [-0.15, -0.1) is 0 Å². The topological polar surface area (TPSA) is 81.9 Å². The molecular weight excluding hydrogens is 288 g/mol. The number of carbonyl (C=O) groups excluding carboxylic acids is 1. The van der Waals surface area contributed by atoms with Crippen LogP contribution in [0.1, 0.15) is 34.7 Å². The molecule has 0 unspecified atom stereocenters. The maximum Gasteiger partial charge on any atom is 0.345 e. The fourth-order valence-electron chi connectivity index (χ4n) is 2.90. The number of benzene rings is 1. The van der Waals surface area contributed by atoms with Gasteiger partial charge < -0.3 is 14.4 Å². The van der Waals surface area contributed by atoms with Crippen molar-refractivity contribution in [1.29, 1.82) is 0 Å². The summed E-state index contributed by atoms with van der Waals surface area (Å²) >= 11 is 0. The van der Waals surface area contributed by atoms with E-state index in [-0.39, 0.29) is 22.9 Å². The number of likely N-dealkylation sites (tertiary alicyclic amines) is 1. The summed E-state index contributed by atoms with van der Waals surface area (Å²) < 4.78 is 9.91. The van der Waals surface area contributed by atoms with E-state index in [0.717, 1.165) is 31.5 Å². The van der Waals surface area contributed by atoms with Crippen molar-refractivity contribution < 1.29 is 19.2 Å². The van der Waals surface area contributed by atoms with Gasteiger partial charge in [0, 0.05) is 5.56 Å². The van der Waals surface area contributed by atoms with Gasteiger partial charge in [-0.05, 0) is 45.0 Å². The van der Waals surface area contributed by atoms with Crippen LogP contribution in [-0.4, -0.2) is 50.1 Å². The lowest BCUT2D eigenvalue weighted by atomic mass is 9.87. The molecule has 1 aliphatic rings. The van der Waals surface area contributed by atoms with Gasteiger partial charge in [0.15, 0.2) is 0 Å². The Bertz CT molecular complexity index is 580. The summed E-state index contributed by atoms with van der Waals surface area (Å²) in [6.45, 7) is 1.86. The molecule has 1 aromatic carbocycles. The number of ether oxygens (including phenoxy) is 2. The zero-order valence-corrected chi connectivity index (χ0v) is 13.0. The third kappa shape index (κ3) is 3.04. The average molecular weight is 308 g/mol. The number of hydrogen-bond acceptors (Lipinski definition) is 6. The molecule has 0 bridgehead atoms. The summed E-state index contributed by atoms with van der Waals surface area (Å²) in [5, 5.41) is 11.4. The van der Waals surface area contributed by atoms with Gasteiger partial charge in [0.1, 0.15) is 5.56 Å². The second kappa shape index (κ2) is 6.74. The smallest absolute Gasteiger partial charge is 0.345 e. The van der Waals surface area contributed by atoms with Crippen molar-refractivity contribution in [2.45, 2.75) is 18.8 Å². The van der Waals surface area contributed by atoms with Gasteiger partial charge in [0.2, 0.25) is 5.75 Å². The highest BCUT2D eigenvalue weighted by Crippen LogP contribution is 2.41. The SMILES string of the molecule is COC(=O)c1ccc(C2CCN(C)CC2)c(OC)c1[N+](=O)[O-]. The zero-order valence-electron chi connectivity index (χ0n) is 13.0. The third-order valence-corrected chi connectivity index (χ3v) is 4.11. The molecule has 0 radical (unpaired) electrons. The van der Waals surface area contributed by atoms with Crippen LogP contribution in [0.4, 0.5) is 5.69 Å². The number of nitrogens with zero attached hydrogens (tertiary/aromatic N) is 2. The van der Waals surface area contributed by atoms with Gasteiger partial charge in [-0.3, -0.25) is 10.1 Å². The molecule has 0 aromatic heterocycles. The molecule has 0 atom stereocenters. The summed E-state index contributed by atoms with van der Waals surface area (Å²) in [6, 6.07) is 3.20. The van der Waals surface area contributed by atoms with Gasteiger partial charge >= 0.3 is 11.7 Å². The van der Waals surface area contributed by atoms with E-state index in [1.807, 2.05) is 0 Å². The van der Waals surface area contributed by atoms with E-state index in [0.29, 0.717) is 0 Å². The minimum atomic E-state index is -0.736. The summed E-state index contributed by atoms with van der Waals surface area (Å²) in [5.41, 5.74) is 0.391. The van der Waals surface area contributed by atoms with E-state index in [4.69, 9.17) is 4.74 Å². The lowest BCUT2D eigenvalue weighted by molar-refractivity contribution is -0.386. The van der Waals surface area contributed by atoms with Crippen LogP contribution < -0.4 is 4.74 Å². The van der Waals surface area contributed by atoms with E-state index < -0.39 is 10.9 Å². The molecule has 22 heavy (non-hydrogen) atoms. The van der Waals surface area contributed by atoms with Gasteiger partial charge in [-0.1, -0.05) is 6.07 Å². The first-order valence-electron chi connectivity index (χ1n) is 7.11. The molecule has 0 spiro atoms. The van der Waals surface area contributed by atoms with Crippen molar-refractivity contribution in [3.63, 3.8) is 0 Å². The predicted molar refractivity (Wildman–Crippen MR) is 80.5 cm³/mol. The fourth-order valence-corrected chi connectivity index (χ4v) is 2.90. The molecule has 1 aromatic rings. The average Bonchev–Trinajstić information content (AvgIpc) is 2.53. The molecule has 1 heterocycles. The molecular formula is C15H20N2O5. The summed E-state index contributed by atoms with van der Waals surface area (Å²) in [6.07, 6.45) is 1.81. The van der Waals surface area contributed by atoms with E-state index >= 15 is 0 Å². The van der Waals surface area contributed by atoms with Crippen LogP contribution in [-0.2, 0) is 4.74 Å². The highest BCUT2D eigenvalue weighted by Gasteiger charge is 2.32. The molecule has 1 aliphatic heterocycles. The van der Waals surface area contributed by atoms with E-state index in [1.54, 1.807) is 6.07 Å². The van der Waals surface area contributed by atoms with Crippen molar-refractivity contribution in [1.82, 2.24) is 4.90 Å². The molecule has 2 rings (SSSR count). The Kier molecular flexibility index (Phi) is 4.97. The number of hydrogen-bond donors (Lipinski definition) is 0. The van der Waals surface area contributed by atoms with Gasteiger partial charge in [-0.2, -0.15) is 0 Å². The molecule has 0 aliphatic carbocycles. The van der Waals surface area contributed by atoms with Crippen molar-refractivity contribution >= 4 is 11.7 Å². The Labute approximate surface area is 129 Å². The number of nitro benzene ring substituents is 1. The van der Waals surface area contributed by atoms with Gasteiger partial charge in [0.05, 0.1) is 19.1 Å². The molecule has 0 saturated carbocycles. The first-order valence-corrected chi connectivity index (χ1v) is 7.11. The number of esters is 1. The van der Waals surface area contributed by atoms with E-state index in [1.165, 1.54) is 20.3 Å². The first kappa shape index (κ1) is 16.2. The first-order chi connectivity index (χ1) is 10.5. The number of nitro groups is 1. The lowest BCUT2D eigenvalue weighted by Gasteiger charge is -2.30. The molecule has 120 valence electrons. The second-order valence-corrected chi connectivity index (χ2v) is 5.41. The predicted octanol–water partition coefficient (Wildman–Crippen LogP) is 2.20. The van der Waals surface area contributed by atoms with Crippen LogP contribution in [0.3, 0.4) is 0 Å². The van der Waals surface area contributed by atoms with Crippen LogP contribution in [0.25, 0.3) is 0 Å². The van der Waals surface area contributed by atoms with Crippen molar-refractivity contribution in [2.75, 3.05) is 34.4 Å². The standard InChI is InChI=1S/C15H20N2O5/c1-16-8-6-10(7-9-16)11-4-5-12(15(18)22-3)13(17(19)20)14(11)21-2/h4-5,10H,6-9H2,1-3H3. The van der Waals surface area contributed by atoms with E-state index in [9.17, 15) is 14.9 Å². The van der Waals surface area contributed by atoms with Gasteiger partial charge in [0.25, 0.3) is 0 Å². The van der Waals surface area contributed by atoms with Crippen molar-refractivity contribution in [2.24, 2.45) is 0 Å². The molecule has 1 saturated heterocycles. The number of methoxy groups -OCH3 is 2. The van der Waals surface area contributed by atoms with Crippen LogP contribution >= 0.6 is 0 Å². The number of piperidine rings is 1. The van der Waals surface area contributed by atoms with Crippen LogP contribution in [0.2, 0.25) is 0 Å². The molecule has 7 heteroatoms. The summed E-state index contributed by atoms with van der Waals surface area (Å²) in [5.74, 6) is -0.376. The molecule has 1 fully saturated rings. The monoisotopic (exact) mass is 308 g/mol. The zero-order chi connectivity index (χ0) is 16.3. The minimum Gasteiger partial charge on any atom is -0.490 e. The maximum absolute atomic E-state index is 11.7. The summed E-state index contributed by atoms with van der Waals surface area (Å²) in [4.78, 5) is 24.8. The van der Waals surface area contributed by atoms with Crippen LogP contribution in [0, 0.1) is 10.1 Å². The number of carbonyl (C=O) groups is 1. The second-order valence-electron chi connectivity index (χ2n) is 5.41. The minimum absolute atomic E-state index is 0.0824. The highest BCUT2D eigenvalue weighted by atomic mass is 16.6. The normalized spacial score (nSPS) is 16.3. The largest absolute Gasteiger partial charge is 0.490 e. The van der Waals surface area contributed by atoms with Crippen LogP contribution in [0.5, 0.6) is 5.75 Å². The van der Waals surface area contributed by atoms with E-state index in [2.05, 4.69) is 16.7 Å². The fraction of sp³-hybridized carbons (Fsp3) is 0.533. The van der Waals surface area contributed by atoms with Gasteiger partial charge in [-0.25, -0.2) is 4.79 Å². The molecule has 0 N–H and O–H groups in total. The maximum atomic E-state index is 11.7. The highest BCUT2D eigenvalue weighted by molar-refractivity contribution is 5.95. The van der Waals surface area contributed by atoms with Crippen molar-refractivity contribution in [3.8, 4) is 5.75 Å². The lowest BCUT2D eigenvalue weighted by Crippen LogP contribution is -2.29. The molecule has 7 nitrogen and oxygen atoms in total. The number of rotatable bonds is 4. The molecule has 0 amide bonds. The Balaban J connectivity index is 2.50. The Morgan fingerprint density at radius 3 is 2.45 bits per heavy atom. The Hall–Kier alpha value is -2.15.